The number of nitro benzene ring substituents is 1. The fourth-order valence-corrected chi connectivity index (χ4v) is 2.48. The van der Waals surface area contributed by atoms with Gasteiger partial charge in [-0.2, -0.15) is 0 Å². The molecule has 0 aliphatic rings. The summed E-state index contributed by atoms with van der Waals surface area (Å²) in [4.78, 5) is 18.4. The van der Waals surface area contributed by atoms with E-state index < -0.39 is 4.92 Å². The van der Waals surface area contributed by atoms with Crippen LogP contribution in [0.1, 0.15) is 5.56 Å². The number of methoxy groups -OCH3 is 2. The topological polar surface area (TPSA) is 90.3 Å². The summed E-state index contributed by atoms with van der Waals surface area (Å²) < 4.78 is 10.3. The van der Waals surface area contributed by atoms with E-state index >= 15 is 0 Å². The van der Waals surface area contributed by atoms with Crippen LogP contribution in [0.15, 0.2) is 30.3 Å². The van der Waals surface area contributed by atoms with Gasteiger partial charge >= 0.3 is 5.69 Å². The smallest absolute Gasteiger partial charge is 0.315 e. The first-order chi connectivity index (χ1) is 11.0. The summed E-state index contributed by atoms with van der Waals surface area (Å²) in [5, 5.41) is 11.3. The zero-order valence-electron chi connectivity index (χ0n) is 12.9. The van der Waals surface area contributed by atoms with Crippen molar-refractivity contribution < 1.29 is 14.4 Å². The van der Waals surface area contributed by atoms with Crippen LogP contribution in [0, 0.1) is 17.0 Å². The van der Waals surface area contributed by atoms with Gasteiger partial charge in [-0.15, -0.1) is 0 Å². The Kier molecular flexibility index (Phi) is 3.61. The first-order valence-electron chi connectivity index (χ1n) is 6.90. The lowest BCUT2D eigenvalue weighted by molar-refractivity contribution is -0.385. The third kappa shape index (κ3) is 2.57. The second kappa shape index (κ2) is 5.60. The van der Waals surface area contributed by atoms with Crippen LogP contribution in [0.5, 0.6) is 11.5 Å². The predicted octanol–water partition coefficient (Wildman–Crippen LogP) is 3.46. The molecule has 2 aromatic carbocycles. The summed E-state index contributed by atoms with van der Waals surface area (Å²) >= 11 is 0. The number of aryl methyl sites for hydroxylation is 1. The van der Waals surface area contributed by atoms with Crippen LogP contribution in [-0.2, 0) is 0 Å². The van der Waals surface area contributed by atoms with E-state index in [4.69, 9.17) is 9.47 Å². The number of nitrogens with one attached hydrogen (secondary N) is 1. The highest BCUT2D eigenvalue weighted by Gasteiger charge is 2.23. The molecule has 0 fully saturated rings. The first-order valence-corrected chi connectivity index (χ1v) is 6.90. The van der Waals surface area contributed by atoms with Crippen molar-refractivity contribution in [3.8, 4) is 22.9 Å². The minimum atomic E-state index is -0.502. The lowest BCUT2D eigenvalue weighted by atomic mass is 10.1. The summed E-state index contributed by atoms with van der Waals surface area (Å²) in [6.45, 7) is 1.99. The number of aromatic nitrogens is 2. The van der Waals surface area contributed by atoms with E-state index in [-0.39, 0.29) is 17.2 Å². The summed E-state index contributed by atoms with van der Waals surface area (Å²) in [7, 11) is 2.81. The number of ether oxygens (including phenoxy) is 2. The molecule has 0 radical (unpaired) electrons. The SMILES string of the molecule is COc1cc(-c2nc3ccc(C)cc3[nH]2)cc([N+](=O)[O-])c1OC. The molecule has 118 valence electrons. The zero-order valence-corrected chi connectivity index (χ0v) is 12.9. The number of imidazole rings is 1. The zero-order chi connectivity index (χ0) is 16.6. The van der Waals surface area contributed by atoms with Crippen LogP contribution in [0.4, 0.5) is 5.69 Å². The molecule has 0 bridgehead atoms. The quantitative estimate of drug-likeness (QED) is 0.588. The number of rotatable bonds is 4. The van der Waals surface area contributed by atoms with Crippen LogP contribution in [-0.4, -0.2) is 29.1 Å². The molecule has 1 N–H and O–H groups in total. The molecule has 0 aliphatic carbocycles. The van der Waals surface area contributed by atoms with E-state index in [0.29, 0.717) is 11.4 Å². The van der Waals surface area contributed by atoms with Gasteiger partial charge in [0.15, 0.2) is 5.75 Å². The molecule has 0 saturated carbocycles. The Hall–Kier alpha value is -3.09. The van der Waals surface area contributed by atoms with Crippen molar-refractivity contribution in [3.05, 3.63) is 46.0 Å². The minimum absolute atomic E-state index is 0.0909. The molecule has 23 heavy (non-hydrogen) atoms. The van der Waals surface area contributed by atoms with Crippen molar-refractivity contribution in [3.63, 3.8) is 0 Å². The lowest BCUT2D eigenvalue weighted by Crippen LogP contribution is -1.98. The number of hydrogen-bond donors (Lipinski definition) is 1. The molecule has 7 nitrogen and oxygen atoms in total. The highest BCUT2D eigenvalue weighted by Crippen LogP contribution is 2.40. The molecular weight excluding hydrogens is 298 g/mol. The molecular formula is C16H15N3O4. The molecule has 7 heteroatoms. The molecule has 1 heterocycles. The average Bonchev–Trinajstić information content (AvgIpc) is 2.96. The fourth-order valence-electron chi connectivity index (χ4n) is 2.48. The highest BCUT2D eigenvalue weighted by atomic mass is 16.6. The standard InChI is InChI=1S/C16H15N3O4/c1-9-4-5-11-12(6-9)18-16(17-11)10-7-13(19(20)21)15(23-3)14(8-10)22-2/h4-8H,1-3H3,(H,17,18). The van der Waals surface area contributed by atoms with Gasteiger partial charge in [0.25, 0.3) is 0 Å². The number of nitrogens with zero attached hydrogens (tertiary/aromatic N) is 2. The maximum atomic E-state index is 11.3. The van der Waals surface area contributed by atoms with Crippen molar-refractivity contribution in [1.82, 2.24) is 9.97 Å². The largest absolute Gasteiger partial charge is 0.493 e. The van der Waals surface area contributed by atoms with Crippen molar-refractivity contribution in [2.24, 2.45) is 0 Å². The van der Waals surface area contributed by atoms with Crippen molar-refractivity contribution in [1.29, 1.82) is 0 Å². The Balaban J connectivity index is 2.21. The number of nitro groups is 1. The minimum Gasteiger partial charge on any atom is -0.493 e. The molecule has 0 atom stereocenters. The average molecular weight is 313 g/mol. The number of hydrogen-bond acceptors (Lipinski definition) is 5. The van der Waals surface area contributed by atoms with Crippen molar-refractivity contribution in [2.45, 2.75) is 6.92 Å². The Morgan fingerprint density at radius 3 is 2.61 bits per heavy atom. The Morgan fingerprint density at radius 2 is 1.96 bits per heavy atom. The third-order valence-corrected chi connectivity index (χ3v) is 3.57. The maximum absolute atomic E-state index is 11.3. The molecule has 0 unspecified atom stereocenters. The lowest BCUT2D eigenvalue weighted by Gasteiger charge is -2.09. The monoisotopic (exact) mass is 313 g/mol. The molecule has 0 spiro atoms. The molecule has 1 aromatic heterocycles. The molecule has 0 aliphatic heterocycles. The fraction of sp³-hybridized carbons (Fsp3) is 0.188. The second-order valence-corrected chi connectivity index (χ2v) is 5.09. The second-order valence-electron chi connectivity index (χ2n) is 5.09. The Morgan fingerprint density at radius 1 is 1.17 bits per heavy atom. The van der Waals surface area contributed by atoms with E-state index in [9.17, 15) is 10.1 Å². The van der Waals surface area contributed by atoms with E-state index in [2.05, 4.69) is 9.97 Å². The Bertz CT molecular complexity index is 902. The molecule has 3 rings (SSSR count). The predicted molar refractivity (Wildman–Crippen MR) is 86.0 cm³/mol. The number of benzene rings is 2. The van der Waals surface area contributed by atoms with Gasteiger partial charge in [-0.05, 0) is 30.7 Å². The third-order valence-electron chi connectivity index (χ3n) is 3.57. The molecule has 0 saturated heterocycles. The highest BCUT2D eigenvalue weighted by molar-refractivity contribution is 5.81. The van der Waals surface area contributed by atoms with E-state index in [1.54, 1.807) is 6.07 Å². The summed E-state index contributed by atoms with van der Waals surface area (Å²) in [6.07, 6.45) is 0. The normalized spacial score (nSPS) is 10.7. The summed E-state index contributed by atoms with van der Waals surface area (Å²) in [6, 6.07) is 8.92. The van der Waals surface area contributed by atoms with Crippen LogP contribution in [0.3, 0.4) is 0 Å². The van der Waals surface area contributed by atoms with Gasteiger partial charge in [0.05, 0.1) is 30.2 Å². The van der Waals surface area contributed by atoms with Crippen LogP contribution in [0.25, 0.3) is 22.4 Å². The molecule has 3 aromatic rings. The van der Waals surface area contributed by atoms with Crippen molar-refractivity contribution >= 4 is 16.7 Å². The van der Waals surface area contributed by atoms with Gasteiger partial charge in [0, 0.05) is 11.6 Å². The number of fused-ring (bicyclic) bond motifs is 1. The summed E-state index contributed by atoms with van der Waals surface area (Å²) in [5.74, 6) is 0.913. The van der Waals surface area contributed by atoms with E-state index in [0.717, 1.165) is 16.6 Å². The Labute approximate surface area is 132 Å². The van der Waals surface area contributed by atoms with E-state index in [1.807, 2.05) is 25.1 Å². The van der Waals surface area contributed by atoms with Crippen LogP contribution >= 0.6 is 0 Å². The number of H-pyrrole nitrogens is 1. The van der Waals surface area contributed by atoms with Gasteiger partial charge < -0.3 is 14.5 Å². The van der Waals surface area contributed by atoms with E-state index in [1.165, 1.54) is 20.3 Å². The van der Waals surface area contributed by atoms with Gasteiger partial charge in [0.1, 0.15) is 5.82 Å². The van der Waals surface area contributed by atoms with Crippen LogP contribution in [0.2, 0.25) is 0 Å². The van der Waals surface area contributed by atoms with Gasteiger partial charge in [-0.1, -0.05) is 6.07 Å². The number of aromatic amines is 1. The van der Waals surface area contributed by atoms with Crippen molar-refractivity contribution in [2.75, 3.05) is 14.2 Å². The maximum Gasteiger partial charge on any atom is 0.315 e. The van der Waals surface area contributed by atoms with Gasteiger partial charge in [-0.3, -0.25) is 10.1 Å². The molecule has 0 amide bonds. The first kappa shape index (κ1) is 14.8. The summed E-state index contributed by atoms with van der Waals surface area (Å²) in [5.41, 5.74) is 3.16. The van der Waals surface area contributed by atoms with Gasteiger partial charge in [-0.25, -0.2) is 4.98 Å². The van der Waals surface area contributed by atoms with Gasteiger partial charge in [0.2, 0.25) is 5.75 Å². The van der Waals surface area contributed by atoms with Crippen LogP contribution < -0.4 is 9.47 Å².